The topological polar surface area (TPSA) is 54.2 Å². The minimum absolute atomic E-state index is 0.491. The molecule has 0 aromatic carbocycles. The van der Waals surface area contributed by atoms with Crippen LogP contribution in [-0.2, 0) is 6.54 Å². The summed E-state index contributed by atoms with van der Waals surface area (Å²) in [6.45, 7) is 9.35. The molecule has 18 heavy (non-hydrogen) atoms. The summed E-state index contributed by atoms with van der Waals surface area (Å²) in [7, 11) is 0. The molecule has 1 saturated heterocycles. The van der Waals surface area contributed by atoms with Crippen LogP contribution in [-0.4, -0.2) is 29.3 Å². The van der Waals surface area contributed by atoms with Gasteiger partial charge in [-0.15, -0.1) is 5.10 Å². The van der Waals surface area contributed by atoms with Gasteiger partial charge in [-0.1, -0.05) is 18.9 Å². The van der Waals surface area contributed by atoms with Gasteiger partial charge >= 0.3 is 6.01 Å². The van der Waals surface area contributed by atoms with Gasteiger partial charge < -0.3 is 14.6 Å². The Morgan fingerprint density at radius 2 is 2.22 bits per heavy atom. The lowest BCUT2D eigenvalue weighted by atomic mass is 9.94. The van der Waals surface area contributed by atoms with Crippen molar-refractivity contribution >= 4 is 6.01 Å². The van der Waals surface area contributed by atoms with Gasteiger partial charge in [-0.2, -0.15) is 0 Å². The lowest BCUT2D eigenvalue weighted by molar-refractivity contribution is 0.352. The number of nitrogens with one attached hydrogen (secondary N) is 1. The van der Waals surface area contributed by atoms with Gasteiger partial charge in [0.25, 0.3) is 0 Å². The van der Waals surface area contributed by atoms with E-state index in [4.69, 9.17) is 4.42 Å². The van der Waals surface area contributed by atoms with Crippen LogP contribution in [0.1, 0.15) is 45.9 Å². The number of aromatic nitrogens is 2. The molecule has 1 aliphatic rings. The highest BCUT2D eigenvalue weighted by molar-refractivity contribution is 5.27. The number of hydrogen-bond acceptors (Lipinski definition) is 5. The van der Waals surface area contributed by atoms with Gasteiger partial charge in [-0.3, -0.25) is 0 Å². The third-order valence-corrected chi connectivity index (χ3v) is 3.54. The number of nitrogens with zero attached hydrogens (tertiary/aromatic N) is 3. The average Bonchev–Trinajstić information content (AvgIpc) is 2.78. The van der Waals surface area contributed by atoms with Crippen molar-refractivity contribution in [1.29, 1.82) is 0 Å². The van der Waals surface area contributed by atoms with Crippen LogP contribution in [0.4, 0.5) is 6.01 Å². The van der Waals surface area contributed by atoms with E-state index in [0.717, 1.165) is 25.4 Å². The fraction of sp³-hybridized carbons (Fsp3) is 0.846. The number of anilines is 1. The first kappa shape index (κ1) is 13.3. The summed E-state index contributed by atoms with van der Waals surface area (Å²) in [6, 6.07) is 1.17. The summed E-state index contributed by atoms with van der Waals surface area (Å²) in [5, 5.41) is 11.5. The fourth-order valence-electron chi connectivity index (χ4n) is 2.50. The standard InChI is InChI=1S/C13H24N4O/c1-4-6-14-9-12-15-16-13(18-12)17-7-5-10(2)8-11(17)3/h10-11,14H,4-9H2,1-3H3. The minimum atomic E-state index is 0.491. The molecule has 2 atom stereocenters. The van der Waals surface area contributed by atoms with Crippen molar-refractivity contribution in [2.24, 2.45) is 5.92 Å². The predicted octanol–water partition coefficient (Wildman–Crippen LogP) is 2.19. The predicted molar refractivity (Wildman–Crippen MR) is 71.5 cm³/mol. The largest absolute Gasteiger partial charge is 0.407 e. The first-order valence-corrected chi connectivity index (χ1v) is 7.00. The molecular formula is C13H24N4O. The zero-order chi connectivity index (χ0) is 13.0. The van der Waals surface area contributed by atoms with E-state index in [1.165, 1.54) is 12.8 Å². The first-order valence-electron chi connectivity index (χ1n) is 7.00. The van der Waals surface area contributed by atoms with Crippen molar-refractivity contribution in [1.82, 2.24) is 15.5 Å². The van der Waals surface area contributed by atoms with Crippen LogP contribution in [0.2, 0.25) is 0 Å². The van der Waals surface area contributed by atoms with Crippen LogP contribution in [0.25, 0.3) is 0 Å². The molecule has 1 N–H and O–H groups in total. The molecule has 5 nitrogen and oxygen atoms in total. The van der Waals surface area contributed by atoms with Gasteiger partial charge in [0, 0.05) is 12.6 Å². The van der Waals surface area contributed by atoms with Crippen molar-refractivity contribution in [2.45, 2.75) is 52.6 Å². The van der Waals surface area contributed by atoms with Crippen LogP contribution in [0.15, 0.2) is 4.42 Å². The molecule has 0 bridgehead atoms. The normalized spacial score (nSPS) is 24.5. The molecule has 0 aliphatic carbocycles. The summed E-state index contributed by atoms with van der Waals surface area (Å²) in [4.78, 5) is 2.23. The van der Waals surface area contributed by atoms with E-state index in [-0.39, 0.29) is 0 Å². The molecule has 102 valence electrons. The Morgan fingerprint density at radius 1 is 1.39 bits per heavy atom. The Labute approximate surface area is 109 Å². The summed E-state index contributed by atoms with van der Waals surface area (Å²) in [6.07, 6.45) is 3.52. The lowest BCUT2D eigenvalue weighted by Crippen LogP contribution is -2.40. The summed E-state index contributed by atoms with van der Waals surface area (Å²) in [5.41, 5.74) is 0. The van der Waals surface area contributed by atoms with Crippen molar-refractivity contribution in [3.8, 4) is 0 Å². The number of rotatable bonds is 5. The van der Waals surface area contributed by atoms with E-state index in [2.05, 4.69) is 41.2 Å². The van der Waals surface area contributed by atoms with E-state index in [0.29, 0.717) is 24.5 Å². The highest BCUT2D eigenvalue weighted by Crippen LogP contribution is 2.26. The van der Waals surface area contributed by atoms with E-state index in [1.807, 2.05) is 0 Å². The highest BCUT2D eigenvalue weighted by Gasteiger charge is 2.26. The van der Waals surface area contributed by atoms with Crippen LogP contribution in [0, 0.1) is 5.92 Å². The summed E-state index contributed by atoms with van der Waals surface area (Å²) >= 11 is 0. The number of hydrogen-bond donors (Lipinski definition) is 1. The van der Waals surface area contributed by atoms with E-state index >= 15 is 0 Å². The van der Waals surface area contributed by atoms with Crippen molar-refractivity contribution in [2.75, 3.05) is 18.0 Å². The van der Waals surface area contributed by atoms with E-state index in [9.17, 15) is 0 Å². The second kappa shape index (κ2) is 6.18. The molecule has 2 rings (SSSR count). The quantitative estimate of drug-likeness (QED) is 0.814. The van der Waals surface area contributed by atoms with Crippen LogP contribution in [0.5, 0.6) is 0 Å². The van der Waals surface area contributed by atoms with Crippen LogP contribution >= 0.6 is 0 Å². The molecule has 2 heterocycles. The first-order chi connectivity index (χ1) is 8.70. The molecule has 0 amide bonds. The smallest absolute Gasteiger partial charge is 0.318 e. The van der Waals surface area contributed by atoms with Crippen molar-refractivity contribution in [3.63, 3.8) is 0 Å². The van der Waals surface area contributed by atoms with Gasteiger partial charge in [-0.25, -0.2) is 0 Å². The zero-order valence-electron chi connectivity index (χ0n) is 11.6. The maximum Gasteiger partial charge on any atom is 0.318 e. The highest BCUT2D eigenvalue weighted by atomic mass is 16.4. The number of piperidine rings is 1. The SMILES string of the molecule is CCCNCc1nnc(N2CCC(C)CC2C)o1. The van der Waals surface area contributed by atoms with Crippen LogP contribution < -0.4 is 10.2 Å². The third-order valence-electron chi connectivity index (χ3n) is 3.54. The summed E-state index contributed by atoms with van der Waals surface area (Å²) < 4.78 is 5.72. The maximum absolute atomic E-state index is 5.72. The lowest BCUT2D eigenvalue weighted by Gasteiger charge is -2.34. The third kappa shape index (κ3) is 3.22. The molecule has 5 heteroatoms. The van der Waals surface area contributed by atoms with Gasteiger partial charge in [0.2, 0.25) is 5.89 Å². The molecule has 1 aliphatic heterocycles. The van der Waals surface area contributed by atoms with Crippen molar-refractivity contribution in [3.05, 3.63) is 5.89 Å². The van der Waals surface area contributed by atoms with Gasteiger partial charge in [0.1, 0.15) is 0 Å². The van der Waals surface area contributed by atoms with E-state index in [1.54, 1.807) is 0 Å². The van der Waals surface area contributed by atoms with Crippen molar-refractivity contribution < 1.29 is 4.42 Å². The maximum atomic E-state index is 5.72. The molecule has 0 saturated carbocycles. The van der Waals surface area contributed by atoms with Crippen LogP contribution in [0.3, 0.4) is 0 Å². The Morgan fingerprint density at radius 3 is 2.94 bits per heavy atom. The second-order valence-electron chi connectivity index (χ2n) is 5.33. The molecule has 1 aromatic heterocycles. The molecule has 1 aromatic rings. The molecule has 2 unspecified atom stereocenters. The van der Waals surface area contributed by atoms with Gasteiger partial charge in [-0.05, 0) is 38.6 Å². The Balaban J connectivity index is 1.92. The van der Waals surface area contributed by atoms with Gasteiger partial charge in [0.15, 0.2) is 0 Å². The Kier molecular flexibility index (Phi) is 4.58. The molecular weight excluding hydrogens is 228 g/mol. The fourth-order valence-corrected chi connectivity index (χ4v) is 2.50. The molecule has 0 radical (unpaired) electrons. The molecule has 0 spiro atoms. The molecule has 1 fully saturated rings. The second-order valence-corrected chi connectivity index (χ2v) is 5.33. The van der Waals surface area contributed by atoms with E-state index < -0.39 is 0 Å². The monoisotopic (exact) mass is 252 g/mol. The van der Waals surface area contributed by atoms with Gasteiger partial charge in [0.05, 0.1) is 6.54 Å². The zero-order valence-corrected chi connectivity index (χ0v) is 11.6. The summed E-state index contributed by atoms with van der Waals surface area (Å²) in [5.74, 6) is 1.48. The Bertz CT molecular complexity index is 366. The minimum Gasteiger partial charge on any atom is -0.407 e. The average molecular weight is 252 g/mol. The Hall–Kier alpha value is -1.10.